The first kappa shape index (κ1) is 14.4. The van der Waals surface area contributed by atoms with Gasteiger partial charge in [0.05, 0.1) is 15.6 Å². The highest BCUT2D eigenvalue weighted by molar-refractivity contribution is 9.10. The zero-order valence-corrected chi connectivity index (χ0v) is 13.7. The van der Waals surface area contributed by atoms with Crippen molar-refractivity contribution in [2.45, 2.75) is 0 Å². The van der Waals surface area contributed by atoms with Gasteiger partial charge in [-0.25, -0.2) is 0 Å². The fourth-order valence-electron chi connectivity index (χ4n) is 2.09. The van der Waals surface area contributed by atoms with E-state index in [0.717, 1.165) is 10.0 Å². The second kappa shape index (κ2) is 5.72. The van der Waals surface area contributed by atoms with E-state index in [1.54, 1.807) is 18.2 Å². The lowest BCUT2D eigenvalue weighted by Crippen LogP contribution is -1.90. The Bertz CT molecular complexity index is 780. The number of hydrogen-bond donors (Lipinski definition) is 1. The molecule has 2 aromatic carbocycles. The lowest BCUT2D eigenvalue weighted by Gasteiger charge is -2.07. The van der Waals surface area contributed by atoms with Crippen LogP contribution in [0.25, 0.3) is 22.4 Å². The zero-order valence-electron chi connectivity index (χ0n) is 10.6. The summed E-state index contributed by atoms with van der Waals surface area (Å²) in [4.78, 5) is 0. The molecule has 3 nitrogen and oxygen atoms in total. The number of nitrogens with zero attached hydrogens (tertiary/aromatic N) is 1. The van der Waals surface area contributed by atoms with E-state index in [-0.39, 0.29) is 5.88 Å². The van der Waals surface area contributed by atoms with Gasteiger partial charge in [0, 0.05) is 15.6 Å². The van der Waals surface area contributed by atoms with Gasteiger partial charge in [0.15, 0.2) is 0 Å². The molecule has 0 aliphatic carbocycles. The molecular weight excluding hydrogens is 375 g/mol. The van der Waals surface area contributed by atoms with Crippen molar-refractivity contribution in [3.8, 4) is 22.4 Å². The van der Waals surface area contributed by atoms with Crippen LogP contribution in [0.2, 0.25) is 10.0 Å². The number of anilines is 1. The first-order valence-electron chi connectivity index (χ1n) is 6.03. The topological polar surface area (TPSA) is 52.0 Å². The average molecular weight is 384 g/mol. The van der Waals surface area contributed by atoms with Gasteiger partial charge in [-0.3, -0.25) is 0 Å². The predicted octanol–water partition coefficient (Wildman–Crippen LogP) is 5.66. The molecule has 0 saturated heterocycles. The number of halogens is 3. The molecule has 0 saturated carbocycles. The summed E-state index contributed by atoms with van der Waals surface area (Å²) in [6, 6.07) is 12.9. The highest BCUT2D eigenvalue weighted by Gasteiger charge is 2.21. The largest absolute Gasteiger partial charge is 0.367 e. The summed E-state index contributed by atoms with van der Waals surface area (Å²) in [7, 11) is 0. The normalized spacial score (nSPS) is 10.8. The molecule has 0 aliphatic heterocycles. The van der Waals surface area contributed by atoms with Crippen LogP contribution in [0.3, 0.4) is 0 Å². The summed E-state index contributed by atoms with van der Waals surface area (Å²) < 4.78 is 6.12. The van der Waals surface area contributed by atoms with Crippen molar-refractivity contribution >= 4 is 45.0 Å². The maximum atomic E-state index is 6.26. The zero-order chi connectivity index (χ0) is 15.0. The van der Waals surface area contributed by atoms with E-state index in [1.165, 1.54) is 0 Å². The van der Waals surface area contributed by atoms with Gasteiger partial charge in [0.1, 0.15) is 5.69 Å². The Morgan fingerprint density at radius 1 is 0.952 bits per heavy atom. The molecule has 0 radical (unpaired) electrons. The molecule has 0 unspecified atom stereocenters. The van der Waals surface area contributed by atoms with Crippen molar-refractivity contribution < 1.29 is 4.52 Å². The van der Waals surface area contributed by atoms with Crippen LogP contribution in [-0.2, 0) is 0 Å². The van der Waals surface area contributed by atoms with Crippen molar-refractivity contribution in [1.29, 1.82) is 0 Å². The molecule has 0 atom stereocenters. The monoisotopic (exact) mass is 382 g/mol. The van der Waals surface area contributed by atoms with Crippen LogP contribution in [-0.4, -0.2) is 5.16 Å². The van der Waals surface area contributed by atoms with Crippen LogP contribution < -0.4 is 5.73 Å². The minimum atomic E-state index is 0.183. The van der Waals surface area contributed by atoms with Gasteiger partial charge in [-0.1, -0.05) is 62.5 Å². The van der Waals surface area contributed by atoms with Crippen LogP contribution in [0.5, 0.6) is 0 Å². The quantitative estimate of drug-likeness (QED) is 0.621. The molecule has 3 rings (SSSR count). The Kier molecular flexibility index (Phi) is 3.93. The van der Waals surface area contributed by atoms with E-state index in [0.29, 0.717) is 26.9 Å². The predicted molar refractivity (Wildman–Crippen MR) is 89.5 cm³/mol. The third-order valence-corrected chi connectivity index (χ3v) is 4.21. The van der Waals surface area contributed by atoms with Gasteiger partial charge < -0.3 is 10.3 Å². The first-order valence-corrected chi connectivity index (χ1v) is 7.58. The van der Waals surface area contributed by atoms with E-state index in [2.05, 4.69) is 21.1 Å². The number of aromatic nitrogens is 1. The number of rotatable bonds is 2. The lowest BCUT2D eigenvalue weighted by atomic mass is 10.0. The smallest absolute Gasteiger partial charge is 0.230 e. The van der Waals surface area contributed by atoms with Gasteiger partial charge in [0.25, 0.3) is 0 Å². The molecule has 0 bridgehead atoms. The summed E-state index contributed by atoms with van der Waals surface area (Å²) in [6.45, 7) is 0. The van der Waals surface area contributed by atoms with Crippen molar-refractivity contribution in [1.82, 2.24) is 5.16 Å². The second-order valence-electron chi connectivity index (χ2n) is 4.37. The maximum Gasteiger partial charge on any atom is 0.230 e. The van der Waals surface area contributed by atoms with Gasteiger partial charge in [-0.05, 0) is 24.3 Å². The molecule has 3 aromatic rings. The number of benzene rings is 2. The molecule has 6 heteroatoms. The Labute approximate surface area is 139 Å². The van der Waals surface area contributed by atoms with Gasteiger partial charge in [-0.15, -0.1) is 0 Å². The third kappa shape index (κ3) is 2.67. The van der Waals surface area contributed by atoms with Crippen molar-refractivity contribution in [3.63, 3.8) is 0 Å². The molecule has 21 heavy (non-hydrogen) atoms. The molecule has 0 spiro atoms. The van der Waals surface area contributed by atoms with E-state index in [9.17, 15) is 0 Å². The van der Waals surface area contributed by atoms with Crippen LogP contribution in [0.15, 0.2) is 51.5 Å². The van der Waals surface area contributed by atoms with Gasteiger partial charge in [0.2, 0.25) is 5.88 Å². The summed E-state index contributed by atoms with van der Waals surface area (Å²) in [5, 5.41) is 5.03. The SMILES string of the molecule is Nc1onc(-c2ccc(Br)cc2)c1-c1c(Cl)cccc1Cl. The van der Waals surface area contributed by atoms with E-state index >= 15 is 0 Å². The molecule has 1 aromatic heterocycles. The molecule has 2 N–H and O–H groups in total. The van der Waals surface area contributed by atoms with Gasteiger partial charge in [-0.2, -0.15) is 0 Å². The standard InChI is InChI=1S/C15H9BrCl2N2O/c16-9-6-4-8(5-7-9)14-13(15(19)21-20-14)12-10(17)2-1-3-11(12)18/h1-7H,19H2. The summed E-state index contributed by atoms with van der Waals surface area (Å²) >= 11 is 15.9. The second-order valence-corrected chi connectivity index (χ2v) is 6.10. The molecule has 106 valence electrons. The van der Waals surface area contributed by atoms with E-state index in [4.69, 9.17) is 33.5 Å². The minimum absolute atomic E-state index is 0.183. The number of hydrogen-bond acceptors (Lipinski definition) is 3. The third-order valence-electron chi connectivity index (χ3n) is 3.05. The first-order chi connectivity index (χ1) is 10.1. The van der Waals surface area contributed by atoms with Gasteiger partial charge >= 0.3 is 0 Å². The van der Waals surface area contributed by atoms with E-state index in [1.807, 2.05) is 24.3 Å². The molecule has 1 heterocycles. The molecular formula is C15H9BrCl2N2O. The van der Waals surface area contributed by atoms with Crippen molar-refractivity contribution in [2.24, 2.45) is 0 Å². The highest BCUT2D eigenvalue weighted by Crippen LogP contribution is 2.43. The highest BCUT2D eigenvalue weighted by atomic mass is 79.9. The lowest BCUT2D eigenvalue weighted by molar-refractivity contribution is 0.439. The van der Waals surface area contributed by atoms with Crippen molar-refractivity contribution in [3.05, 3.63) is 57.0 Å². The fraction of sp³-hybridized carbons (Fsp3) is 0. The molecule has 0 fully saturated rings. The van der Waals surface area contributed by atoms with Crippen LogP contribution >= 0.6 is 39.1 Å². The van der Waals surface area contributed by atoms with Crippen LogP contribution in [0.4, 0.5) is 5.88 Å². The van der Waals surface area contributed by atoms with Crippen LogP contribution in [0, 0.1) is 0 Å². The molecule has 0 aliphatic rings. The summed E-state index contributed by atoms with van der Waals surface area (Å²) in [5.74, 6) is 0.183. The average Bonchev–Trinajstić information content (AvgIpc) is 2.82. The minimum Gasteiger partial charge on any atom is -0.367 e. The Balaban J connectivity index is 2.25. The molecule has 0 amide bonds. The Morgan fingerprint density at radius 3 is 2.19 bits per heavy atom. The van der Waals surface area contributed by atoms with Crippen LogP contribution in [0.1, 0.15) is 0 Å². The Hall–Kier alpha value is -1.49. The van der Waals surface area contributed by atoms with E-state index < -0.39 is 0 Å². The summed E-state index contributed by atoms with van der Waals surface area (Å²) in [5.41, 5.74) is 8.62. The number of nitrogens with two attached hydrogens (primary N) is 1. The Morgan fingerprint density at radius 2 is 1.57 bits per heavy atom. The maximum absolute atomic E-state index is 6.26. The van der Waals surface area contributed by atoms with Crippen molar-refractivity contribution in [2.75, 3.05) is 5.73 Å². The summed E-state index contributed by atoms with van der Waals surface area (Å²) in [6.07, 6.45) is 0. The fourth-order valence-corrected chi connectivity index (χ4v) is 2.94. The number of nitrogen functional groups attached to an aromatic ring is 1.